The van der Waals surface area contributed by atoms with Crippen LogP contribution in [0, 0.1) is 0 Å². The van der Waals surface area contributed by atoms with E-state index in [0.717, 1.165) is 12.8 Å². The average molecular weight is 383 g/mol. The van der Waals surface area contributed by atoms with Crippen molar-refractivity contribution in [3.05, 3.63) is 42.4 Å². The lowest BCUT2D eigenvalue weighted by Crippen LogP contribution is -2.44. The SMILES string of the molecule is [O-]c1cc(-c2cnc(OC3CC(F)(c4ccnc(OC5CC5)c4)C3)cn2)on1. The molecule has 2 aliphatic rings. The minimum atomic E-state index is -1.47. The molecule has 5 rings (SSSR count). The Labute approximate surface area is 159 Å². The van der Waals surface area contributed by atoms with Gasteiger partial charge in [0.2, 0.25) is 11.8 Å². The van der Waals surface area contributed by atoms with Crippen LogP contribution in [0.3, 0.4) is 0 Å². The van der Waals surface area contributed by atoms with Gasteiger partial charge in [0.05, 0.1) is 12.4 Å². The van der Waals surface area contributed by atoms with Crippen molar-refractivity contribution in [3.8, 4) is 29.1 Å². The highest BCUT2D eigenvalue weighted by Gasteiger charge is 2.48. The number of aromatic nitrogens is 4. The summed E-state index contributed by atoms with van der Waals surface area (Å²) in [6.07, 6.45) is 6.79. The maximum atomic E-state index is 15.2. The molecule has 0 aliphatic heterocycles. The summed E-state index contributed by atoms with van der Waals surface area (Å²) in [5, 5.41) is 14.3. The summed E-state index contributed by atoms with van der Waals surface area (Å²) < 4.78 is 31.4. The monoisotopic (exact) mass is 383 g/mol. The van der Waals surface area contributed by atoms with E-state index in [1.54, 1.807) is 18.3 Å². The first kappa shape index (κ1) is 16.9. The molecular weight excluding hydrogens is 367 g/mol. The molecule has 9 heteroatoms. The van der Waals surface area contributed by atoms with Gasteiger partial charge in [-0.15, -0.1) is 0 Å². The van der Waals surface area contributed by atoms with Gasteiger partial charge in [-0.3, -0.25) is 0 Å². The first-order valence-electron chi connectivity index (χ1n) is 9.02. The average Bonchev–Trinajstić information content (AvgIpc) is 3.38. The molecule has 0 N–H and O–H groups in total. The van der Waals surface area contributed by atoms with Crippen LogP contribution in [0.25, 0.3) is 11.5 Å². The van der Waals surface area contributed by atoms with E-state index < -0.39 is 11.5 Å². The Kier molecular flexibility index (Phi) is 3.88. The molecule has 144 valence electrons. The number of hydrogen-bond acceptors (Lipinski definition) is 8. The molecule has 0 unspecified atom stereocenters. The van der Waals surface area contributed by atoms with Crippen molar-refractivity contribution in [2.45, 2.75) is 43.6 Å². The Hall–Kier alpha value is -3.23. The summed E-state index contributed by atoms with van der Waals surface area (Å²) in [6, 6.07) is 4.57. The Bertz CT molecular complexity index is 984. The second-order valence-electron chi connectivity index (χ2n) is 7.08. The van der Waals surface area contributed by atoms with Crippen molar-refractivity contribution in [1.82, 2.24) is 20.1 Å². The lowest BCUT2D eigenvalue weighted by molar-refractivity contribution is -0.277. The fraction of sp³-hybridized carbons (Fsp3) is 0.368. The van der Waals surface area contributed by atoms with E-state index in [1.807, 2.05) is 0 Å². The van der Waals surface area contributed by atoms with Gasteiger partial charge in [0.1, 0.15) is 23.6 Å². The van der Waals surface area contributed by atoms with Crippen LogP contribution in [0.4, 0.5) is 4.39 Å². The normalized spacial score (nSPS) is 23.8. The standard InChI is InChI=1S/C19H17FN4O4/c20-19(11-3-4-21-17(5-11)26-12-1-2-12)7-13(8-19)27-18-10-22-14(9-23-18)15-6-16(25)24-28-15/h3-6,9-10,12-13H,1-2,7-8H2,(H,24,25)/p-1. The van der Waals surface area contributed by atoms with Crippen LogP contribution in [0.5, 0.6) is 17.6 Å². The summed E-state index contributed by atoms with van der Waals surface area (Å²) in [4.78, 5) is 12.4. The number of halogens is 1. The van der Waals surface area contributed by atoms with E-state index >= 15 is 4.39 Å². The second kappa shape index (κ2) is 6.43. The summed E-state index contributed by atoms with van der Waals surface area (Å²) in [6.45, 7) is 0. The van der Waals surface area contributed by atoms with E-state index in [2.05, 4.69) is 20.1 Å². The predicted octanol–water partition coefficient (Wildman–Crippen LogP) is 2.55. The molecule has 2 fully saturated rings. The van der Waals surface area contributed by atoms with Gasteiger partial charge in [-0.2, -0.15) is 0 Å². The lowest BCUT2D eigenvalue weighted by atomic mass is 9.74. The van der Waals surface area contributed by atoms with Crippen LogP contribution >= 0.6 is 0 Å². The number of ether oxygens (including phenoxy) is 2. The Morgan fingerprint density at radius 1 is 1.04 bits per heavy atom. The highest BCUT2D eigenvalue weighted by Crippen LogP contribution is 2.47. The molecule has 0 bridgehead atoms. The van der Waals surface area contributed by atoms with Gasteiger partial charge < -0.3 is 19.1 Å². The Morgan fingerprint density at radius 2 is 1.86 bits per heavy atom. The molecule has 3 aromatic heterocycles. The van der Waals surface area contributed by atoms with Gasteiger partial charge in [-0.05, 0) is 24.5 Å². The Morgan fingerprint density at radius 3 is 2.54 bits per heavy atom. The van der Waals surface area contributed by atoms with Crippen LogP contribution < -0.4 is 14.6 Å². The van der Waals surface area contributed by atoms with Crippen molar-refractivity contribution in [3.63, 3.8) is 0 Å². The zero-order valence-electron chi connectivity index (χ0n) is 14.7. The maximum absolute atomic E-state index is 15.2. The minimum Gasteiger partial charge on any atom is -0.856 e. The van der Waals surface area contributed by atoms with Crippen LogP contribution in [-0.2, 0) is 5.67 Å². The van der Waals surface area contributed by atoms with Crippen LogP contribution in [0.15, 0.2) is 41.3 Å². The van der Waals surface area contributed by atoms with Gasteiger partial charge in [-0.25, -0.2) is 19.3 Å². The van der Waals surface area contributed by atoms with Gasteiger partial charge in [0.25, 0.3) is 0 Å². The summed E-state index contributed by atoms with van der Waals surface area (Å²) in [5.41, 5.74) is -0.541. The molecule has 2 aliphatic carbocycles. The third kappa shape index (κ3) is 3.35. The molecule has 0 saturated heterocycles. The van der Waals surface area contributed by atoms with E-state index in [9.17, 15) is 5.11 Å². The highest BCUT2D eigenvalue weighted by molar-refractivity contribution is 5.51. The number of hydrogen-bond donors (Lipinski definition) is 0. The molecule has 8 nitrogen and oxygen atoms in total. The molecule has 0 radical (unpaired) electrons. The molecule has 3 aromatic rings. The second-order valence-corrected chi connectivity index (χ2v) is 7.08. The fourth-order valence-corrected chi connectivity index (χ4v) is 3.14. The zero-order valence-corrected chi connectivity index (χ0v) is 14.7. The van der Waals surface area contributed by atoms with E-state index in [-0.39, 0.29) is 36.7 Å². The summed E-state index contributed by atoms with van der Waals surface area (Å²) in [7, 11) is 0. The highest BCUT2D eigenvalue weighted by atomic mass is 19.1. The zero-order chi connectivity index (χ0) is 19.1. The molecule has 0 amide bonds. The number of nitrogens with zero attached hydrogens (tertiary/aromatic N) is 4. The van der Waals surface area contributed by atoms with Crippen LogP contribution in [-0.4, -0.2) is 32.3 Å². The molecule has 0 spiro atoms. The summed E-state index contributed by atoms with van der Waals surface area (Å²) in [5.74, 6) is 0.506. The molecular formula is C19H16FN4O4-. The van der Waals surface area contributed by atoms with Crippen molar-refractivity contribution in [2.24, 2.45) is 0 Å². The largest absolute Gasteiger partial charge is 0.856 e. The first-order valence-corrected chi connectivity index (χ1v) is 9.02. The van der Waals surface area contributed by atoms with Crippen molar-refractivity contribution in [1.29, 1.82) is 0 Å². The smallest absolute Gasteiger partial charge is 0.232 e. The topological polar surface area (TPSA) is 106 Å². The third-order valence-electron chi connectivity index (χ3n) is 4.82. The Balaban J connectivity index is 1.21. The van der Waals surface area contributed by atoms with Gasteiger partial charge in [0.15, 0.2) is 5.76 Å². The van der Waals surface area contributed by atoms with Gasteiger partial charge in [-0.1, -0.05) is 5.16 Å². The van der Waals surface area contributed by atoms with Crippen molar-refractivity contribution < 1.29 is 23.5 Å². The predicted molar refractivity (Wildman–Crippen MR) is 91.3 cm³/mol. The number of pyridine rings is 1. The van der Waals surface area contributed by atoms with E-state index in [4.69, 9.17) is 14.0 Å². The van der Waals surface area contributed by atoms with Crippen molar-refractivity contribution in [2.75, 3.05) is 0 Å². The van der Waals surface area contributed by atoms with Gasteiger partial charge >= 0.3 is 0 Å². The van der Waals surface area contributed by atoms with E-state index in [0.29, 0.717) is 17.1 Å². The number of rotatable bonds is 6. The minimum absolute atomic E-state index is 0.213. The molecule has 3 heterocycles. The molecule has 0 aromatic carbocycles. The lowest BCUT2D eigenvalue weighted by Gasteiger charge is -2.41. The first-order chi connectivity index (χ1) is 13.6. The quantitative estimate of drug-likeness (QED) is 0.639. The summed E-state index contributed by atoms with van der Waals surface area (Å²) >= 11 is 0. The molecule has 2 saturated carbocycles. The van der Waals surface area contributed by atoms with Crippen LogP contribution in [0.2, 0.25) is 0 Å². The molecule has 0 atom stereocenters. The fourth-order valence-electron chi connectivity index (χ4n) is 3.14. The maximum Gasteiger partial charge on any atom is 0.232 e. The van der Waals surface area contributed by atoms with E-state index in [1.165, 1.54) is 18.5 Å². The van der Waals surface area contributed by atoms with Crippen LogP contribution in [0.1, 0.15) is 31.2 Å². The van der Waals surface area contributed by atoms with Gasteiger partial charge in [0, 0.05) is 37.1 Å². The molecule has 28 heavy (non-hydrogen) atoms. The third-order valence-corrected chi connectivity index (χ3v) is 4.82. The number of alkyl halides is 1. The van der Waals surface area contributed by atoms with Crippen molar-refractivity contribution >= 4 is 0 Å².